The molecule has 0 spiro atoms. The van der Waals surface area contributed by atoms with Gasteiger partial charge in [-0.2, -0.15) is 0 Å². The Morgan fingerprint density at radius 3 is 3.09 bits per heavy atom. The highest BCUT2D eigenvalue weighted by molar-refractivity contribution is 7.18. The standard InChI is InChI=1S/C15H13N5O2S/c1-20-6-4-10(19-21)12-15(20)22-13(18-12)11-8-17-14(23-11)9-3-2-5-16-7-9/h2-3,5,7-8,21H,4,6H2,1H3/b19-10+. The minimum atomic E-state index is 0.484. The third kappa shape index (κ3) is 2.36. The maximum absolute atomic E-state index is 9.13. The topological polar surface area (TPSA) is 87.6 Å². The minimum Gasteiger partial charge on any atom is -0.419 e. The molecular formula is C15H13N5O2S. The highest BCUT2D eigenvalue weighted by atomic mass is 32.1. The molecule has 0 aliphatic carbocycles. The number of thiazole rings is 1. The predicted molar refractivity (Wildman–Crippen MR) is 87.1 cm³/mol. The normalized spacial score (nSPS) is 15.9. The highest BCUT2D eigenvalue weighted by Gasteiger charge is 2.27. The number of oxazole rings is 1. The Balaban J connectivity index is 1.74. The molecule has 0 amide bonds. The van der Waals surface area contributed by atoms with Crippen LogP contribution in [0.1, 0.15) is 12.1 Å². The Bertz CT molecular complexity index is 871. The first-order chi connectivity index (χ1) is 11.3. The van der Waals surface area contributed by atoms with E-state index in [1.165, 1.54) is 11.3 Å². The van der Waals surface area contributed by atoms with Crippen molar-refractivity contribution in [1.29, 1.82) is 0 Å². The molecule has 0 unspecified atom stereocenters. The van der Waals surface area contributed by atoms with Gasteiger partial charge in [0.05, 0.1) is 6.20 Å². The average molecular weight is 327 g/mol. The summed E-state index contributed by atoms with van der Waals surface area (Å²) in [6.07, 6.45) is 5.87. The third-order valence-electron chi connectivity index (χ3n) is 3.66. The number of pyridine rings is 1. The fraction of sp³-hybridized carbons (Fsp3) is 0.200. The van der Waals surface area contributed by atoms with Gasteiger partial charge in [0.1, 0.15) is 15.6 Å². The largest absolute Gasteiger partial charge is 0.419 e. The molecule has 1 N–H and O–H groups in total. The molecule has 0 aromatic carbocycles. The molecular weight excluding hydrogens is 314 g/mol. The van der Waals surface area contributed by atoms with Crippen LogP contribution in [-0.2, 0) is 0 Å². The Morgan fingerprint density at radius 2 is 2.30 bits per heavy atom. The van der Waals surface area contributed by atoms with Crippen molar-refractivity contribution in [3.63, 3.8) is 0 Å². The summed E-state index contributed by atoms with van der Waals surface area (Å²) in [4.78, 5) is 15.8. The van der Waals surface area contributed by atoms with E-state index in [1.807, 2.05) is 24.1 Å². The van der Waals surface area contributed by atoms with Crippen LogP contribution in [0.15, 0.2) is 40.3 Å². The van der Waals surface area contributed by atoms with Crippen LogP contribution < -0.4 is 4.90 Å². The predicted octanol–water partition coefficient (Wildman–Crippen LogP) is 2.88. The van der Waals surface area contributed by atoms with E-state index in [9.17, 15) is 0 Å². The van der Waals surface area contributed by atoms with Crippen molar-refractivity contribution in [2.75, 3.05) is 18.5 Å². The monoisotopic (exact) mass is 327 g/mol. The van der Waals surface area contributed by atoms with Crippen LogP contribution >= 0.6 is 11.3 Å². The Labute approximate surface area is 135 Å². The Kier molecular flexibility index (Phi) is 3.30. The van der Waals surface area contributed by atoms with Gasteiger partial charge in [-0.3, -0.25) is 4.98 Å². The molecule has 0 fully saturated rings. The van der Waals surface area contributed by atoms with E-state index in [0.29, 0.717) is 29.6 Å². The smallest absolute Gasteiger partial charge is 0.241 e. The number of nitrogens with zero attached hydrogens (tertiary/aromatic N) is 5. The fourth-order valence-corrected chi connectivity index (χ4v) is 3.28. The molecule has 0 saturated heterocycles. The first-order valence-electron chi connectivity index (χ1n) is 7.06. The minimum absolute atomic E-state index is 0.484. The summed E-state index contributed by atoms with van der Waals surface area (Å²) in [7, 11) is 1.93. The van der Waals surface area contributed by atoms with E-state index >= 15 is 0 Å². The summed E-state index contributed by atoms with van der Waals surface area (Å²) < 4.78 is 5.86. The van der Waals surface area contributed by atoms with E-state index in [1.54, 1.807) is 18.6 Å². The van der Waals surface area contributed by atoms with Crippen LogP contribution in [0.2, 0.25) is 0 Å². The SMILES string of the molecule is CN1CC/C(=N\O)c2nc(-c3cnc(-c4cccnc4)s3)oc21. The number of aromatic nitrogens is 3. The number of rotatable bonds is 2. The molecule has 0 radical (unpaired) electrons. The fourth-order valence-electron chi connectivity index (χ4n) is 2.45. The van der Waals surface area contributed by atoms with Crippen molar-refractivity contribution in [2.24, 2.45) is 5.16 Å². The zero-order chi connectivity index (χ0) is 15.8. The summed E-state index contributed by atoms with van der Waals surface area (Å²) in [5, 5.41) is 13.3. The van der Waals surface area contributed by atoms with Crippen LogP contribution in [-0.4, -0.2) is 39.5 Å². The van der Waals surface area contributed by atoms with Crippen LogP contribution in [0, 0.1) is 0 Å². The Morgan fingerprint density at radius 1 is 1.39 bits per heavy atom. The third-order valence-corrected chi connectivity index (χ3v) is 4.69. The van der Waals surface area contributed by atoms with Crippen LogP contribution in [0.3, 0.4) is 0 Å². The zero-order valence-electron chi connectivity index (χ0n) is 12.3. The zero-order valence-corrected chi connectivity index (χ0v) is 13.1. The molecule has 3 aromatic rings. The molecule has 1 aliphatic rings. The van der Waals surface area contributed by atoms with Gasteiger partial charge in [0.15, 0.2) is 5.69 Å². The van der Waals surface area contributed by atoms with E-state index in [-0.39, 0.29) is 0 Å². The lowest BCUT2D eigenvalue weighted by Crippen LogP contribution is -2.28. The average Bonchev–Trinajstić information content (AvgIpc) is 3.23. The first kappa shape index (κ1) is 13.9. The van der Waals surface area contributed by atoms with Gasteiger partial charge in [0, 0.05) is 38.0 Å². The number of fused-ring (bicyclic) bond motifs is 1. The van der Waals surface area contributed by atoms with E-state index < -0.39 is 0 Å². The number of oxime groups is 1. The molecule has 0 atom stereocenters. The summed E-state index contributed by atoms with van der Waals surface area (Å²) >= 11 is 1.48. The maximum atomic E-state index is 9.13. The van der Waals surface area contributed by atoms with Gasteiger partial charge in [-0.05, 0) is 12.1 Å². The number of hydrogen-bond donors (Lipinski definition) is 1. The second-order valence-electron chi connectivity index (χ2n) is 5.16. The van der Waals surface area contributed by atoms with Gasteiger partial charge in [-0.25, -0.2) is 9.97 Å². The van der Waals surface area contributed by atoms with E-state index in [0.717, 1.165) is 22.0 Å². The Hall–Kier alpha value is -2.74. The molecule has 4 rings (SSSR count). The van der Waals surface area contributed by atoms with Crippen LogP contribution in [0.5, 0.6) is 0 Å². The summed E-state index contributed by atoms with van der Waals surface area (Å²) in [6.45, 7) is 0.727. The molecule has 0 bridgehead atoms. The molecule has 0 saturated carbocycles. The lowest BCUT2D eigenvalue weighted by molar-refractivity contribution is 0.317. The van der Waals surface area contributed by atoms with Crippen molar-refractivity contribution in [3.8, 4) is 21.3 Å². The molecule has 3 aromatic heterocycles. The second-order valence-corrected chi connectivity index (χ2v) is 6.19. The van der Waals surface area contributed by atoms with Crippen LogP contribution in [0.4, 0.5) is 5.88 Å². The summed E-state index contributed by atoms with van der Waals surface area (Å²) in [6, 6.07) is 3.83. The van der Waals surface area contributed by atoms with E-state index in [2.05, 4.69) is 20.1 Å². The lowest BCUT2D eigenvalue weighted by Gasteiger charge is -2.21. The second kappa shape index (κ2) is 5.47. The number of anilines is 1. The van der Waals surface area contributed by atoms with Crippen molar-refractivity contribution in [2.45, 2.75) is 6.42 Å². The van der Waals surface area contributed by atoms with Gasteiger partial charge >= 0.3 is 0 Å². The molecule has 8 heteroatoms. The van der Waals surface area contributed by atoms with Gasteiger partial charge in [-0.1, -0.05) is 5.16 Å². The maximum Gasteiger partial charge on any atom is 0.241 e. The van der Waals surface area contributed by atoms with Gasteiger partial charge < -0.3 is 14.5 Å². The van der Waals surface area contributed by atoms with Crippen molar-refractivity contribution in [3.05, 3.63) is 36.4 Å². The first-order valence-corrected chi connectivity index (χ1v) is 7.88. The summed E-state index contributed by atoms with van der Waals surface area (Å²) in [5.74, 6) is 1.10. The van der Waals surface area contributed by atoms with Gasteiger partial charge in [0.25, 0.3) is 0 Å². The highest BCUT2D eigenvalue weighted by Crippen LogP contribution is 2.36. The molecule has 23 heavy (non-hydrogen) atoms. The molecule has 116 valence electrons. The quantitative estimate of drug-likeness (QED) is 0.575. The van der Waals surface area contributed by atoms with Crippen molar-refractivity contribution >= 4 is 22.9 Å². The summed E-state index contributed by atoms with van der Waals surface area (Å²) in [5.41, 5.74) is 2.09. The van der Waals surface area contributed by atoms with Crippen molar-refractivity contribution < 1.29 is 9.62 Å². The number of hydrogen-bond acceptors (Lipinski definition) is 8. The molecule has 4 heterocycles. The van der Waals surface area contributed by atoms with Gasteiger partial charge in [0.2, 0.25) is 11.8 Å². The van der Waals surface area contributed by atoms with Crippen LogP contribution in [0.25, 0.3) is 21.3 Å². The molecule has 1 aliphatic heterocycles. The van der Waals surface area contributed by atoms with Crippen molar-refractivity contribution in [1.82, 2.24) is 15.0 Å². The lowest BCUT2D eigenvalue weighted by atomic mass is 10.1. The van der Waals surface area contributed by atoms with E-state index in [4.69, 9.17) is 9.62 Å². The molecule has 7 nitrogen and oxygen atoms in total. The van der Waals surface area contributed by atoms with Gasteiger partial charge in [-0.15, -0.1) is 11.3 Å².